The lowest BCUT2D eigenvalue weighted by atomic mass is 10.2. The first-order chi connectivity index (χ1) is 5.15. The van der Waals surface area contributed by atoms with Crippen LogP contribution in [0.15, 0.2) is 12.1 Å². The average molecular weight is 176 g/mol. The molecule has 1 rings (SSSR count). The van der Waals surface area contributed by atoms with Crippen LogP contribution in [-0.2, 0) is 6.54 Å². The first kappa shape index (κ1) is 8.30. The van der Waals surface area contributed by atoms with Crippen LogP contribution in [0.1, 0.15) is 5.56 Å². The largest absolute Gasteiger partial charge is 0.506 e. The minimum atomic E-state index is -0.533. The summed E-state index contributed by atoms with van der Waals surface area (Å²) < 4.78 is 12.7. The van der Waals surface area contributed by atoms with Gasteiger partial charge >= 0.3 is 0 Å². The van der Waals surface area contributed by atoms with Gasteiger partial charge in [0, 0.05) is 18.2 Å². The molecule has 0 aliphatic carbocycles. The first-order valence-corrected chi connectivity index (χ1v) is 3.40. The summed E-state index contributed by atoms with van der Waals surface area (Å²) in [6.07, 6.45) is 0. The van der Waals surface area contributed by atoms with Gasteiger partial charge in [0.25, 0.3) is 0 Å². The van der Waals surface area contributed by atoms with Gasteiger partial charge in [0.05, 0.1) is 5.02 Å². The molecule has 0 aromatic heterocycles. The maximum Gasteiger partial charge on any atom is 0.137 e. The van der Waals surface area contributed by atoms with Crippen LogP contribution in [0.3, 0.4) is 0 Å². The van der Waals surface area contributed by atoms with Crippen LogP contribution >= 0.6 is 11.6 Å². The Hall–Kier alpha value is -0.800. The molecular weight excluding hydrogens is 169 g/mol. The summed E-state index contributed by atoms with van der Waals surface area (Å²) in [5.74, 6) is -0.796. The van der Waals surface area contributed by atoms with E-state index in [1.165, 1.54) is 6.07 Å². The van der Waals surface area contributed by atoms with E-state index < -0.39 is 5.82 Å². The van der Waals surface area contributed by atoms with Crippen molar-refractivity contribution in [1.82, 2.24) is 0 Å². The van der Waals surface area contributed by atoms with Gasteiger partial charge < -0.3 is 10.8 Å². The molecule has 0 heterocycles. The lowest BCUT2D eigenvalue weighted by Crippen LogP contribution is -1.99. The number of hydrogen-bond donors (Lipinski definition) is 2. The maximum atomic E-state index is 12.7. The summed E-state index contributed by atoms with van der Waals surface area (Å²) in [5, 5.41) is 9.02. The fraction of sp³-hybridized carbons (Fsp3) is 0.143. The zero-order valence-electron chi connectivity index (χ0n) is 5.64. The molecule has 0 saturated carbocycles. The van der Waals surface area contributed by atoms with Gasteiger partial charge in [-0.1, -0.05) is 11.6 Å². The van der Waals surface area contributed by atoms with E-state index in [4.69, 9.17) is 22.4 Å². The highest BCUT2D eigenvalue weighted by Crippen LogP contribution is 2.25. The van der Waals surface area contributed by atoms with E-state index in [9.17, 15) is 4.39 Å². The van der Waals surface area contributed by atoms with Crippen LogP contribution in [0.2, 0.25) is 5.02 Å². The van der Waals surface area contributed by atoms with E-state index in [2.05, 4.69) is 0 Å². The third-order valence-electron chi connectivity index (χ3n) is 1.34. The molecule has 0 aliphatic heterocycles. The molecule has 0 amide bonds. The highest BCUT2D eigenvalue weighted by molar-refractivity contribution is 6.32. The summed E-state index contributed by atoms with van der Waals surface area (Å²) >= 11 is 5.49. The molecule has 0 spiro atoms. The lowest BCUT2D eigenvalue weighted by Gasteiger charge is -2.01. The molecule has 0 bridgehead atoms. The Labute approximate surface area is 68.4 Å². The van der Waals surface area contributed by atoms with Gasteiger partial charge in [-0.2, -0.15) is 0 Å². The number of phenols is 1. The van der Waals surface area contributed by atoms with E-state index in [1.54, 1.807) is 0 Å². The SMILES string of the molecule is NCc1cc(Cl)c(O)cc1F. The Morgan fingerprint density at radius 2 is 2.18 bits per heavy atom. The summed E-state index contributed by atoms with van der Waals surface area (Å²) in [5.41, 5.74) is 5.49. The fourth-order valence-electron chi connectivity index (χ4n) is 0.734. The van der Waals surface area contributed by atoms with Crippen LogP contribution in [-0.4, -0.2) is 5.11 Å². The molecule has 3 N–H and O–H groups in total. The van der Waals surface area contributed by atoms with Crippen molar-refractivity contribution in [2.45, 2.75) is 6.54 Å². The van der Waals surface area contributed by atoms with E-state index in [0.717, 1.165) is 6.07 Å². The zero-order valence-corrected chi connectivity index (χ0v) is 6.40. The van der Waals surface area contributed by atoms with Crippen LogP contribution in [0.25, 0.3) is 0 Å². The fourth-order valence-corrected chi connectivity index (χ4v) is 0.920. The number of halogens is 2. The predicted octanol–water partition coefficient (Wildman–Crippen LogP) is 1.64. The highest BCUT2D eigenvalue weighted by Gasteiger charge is 2.05. The van der Waals surface area contributed by atoms with Crippen molar-refractivity contribution in [3.8, 4) is 5.75 Å². The monoisotopic (exact) mass is 175 g/mol. The van der Waals surface area contributed by atoms with Crippen molar-refractivity contribution in [1.29, 1.82) is 0 Å². The maximum absolute atomic E-state index is 12.7. The molecule has 2 nitrogen and oxygen atoms in total. The number of aromatic hydroxyl groups is 1. The number of hydrogen-bond acceptors (Lipinski definition) is 2. The third kappa shape index (κ3) is 1.61. The minimum Gasteiger partial charge on any atom is -0.506 e. The van der Waals surface area contributed by atoms with Gasteiger partial charge in [0.1, 0.15) is 11.6 Å². The second-order valence-electron chi connectivity index (χ2n) is 2.10. The molecule has 1 aromatic carbocycles. The number of nitrogens with two attached hydrogens (primary N) is 1. The van der Waals surface area contributed by atoms with E-state index in [1.807, 2.05) is 0 Å². The van der Waals surface area contributed by atoms with Crippen molar-refractivity contribution < 1.29 is 9.50 Å². The van der Waals surface area contributed by atoms with Crippen molar-refractivity contribution in [2.24, 2.45) is 5.73 Å². The van der Waals surface area contributed by atoms with E-state index in [0.29, 0.717) is 5.56 Å². The van der Waals surface area contributed by atoms with Gasteiger partial charge in [0.15, 0.2) is 0 Å². The van der Waals surface area contributed by atoms with E-state index >= 15 is 0 Å². The van der Waals surface area contributed by atoms with Crippen molar-refractivity contribution in [2.75, 3.05) is 0 Å². The molecule has 0 atom stereocenters. The minimum absolute atomic E-state index is 0.0752. The van der Waals surface area contributed by atoms with Gasteiger partial charge in [-0.3, -0.25) is 0 Å². The van der Waals surface area contributed by atoms with Crippen LogP contribution in [0.5, 0.6) is 5.75 Å². The van der Waals surface area contributed by atoms with Crippen molar-refractivity contribution in [3.05, 3.63) is 28.5 Å². The topological polar surface area (TPSA) is 46.2 Å². The van der Waals surface area contributed by atoms with Gasteiger partial charge in [0.2, 0.25) is 0 Å². The summed E-state index contributed by atoms with van der Waals surface area (Å²) in [6.45, 7) is 0.0752. The van der Waals surface area contributed by atoms with Crippen LogP contribution in [0, 0.1) is 5.82 Å². The van der Waals surface area contributed by atoms with Gasteiger partial charge in [-0.05, 0) is 6.07 Å². The Bertz CT molecular complexity index is 277. The highest BCUT2D eigenvalue weighted by atomic mass is 35.5. The Kier molecular flexibility index (Phi) is 2.31. The molecule has 0 aliphatic rings. The van der Waals surface area contributed by atoms with Gasteiger partial charge in [-0.15, -0.1) is 0 Å². The third-order valence-corrected chi connectivity index (χ3v) is 1.64. The van der Waals surface area contributed by atoms with E-state index in [-0.39, 0.29) is 17.3 Å². The van der Waals surface area contributed by atoms with Crippen LogP contribution < -0.4 is 5.73 Å². The van der Waals surface area contributed by atoms with Gasteiger partial charge in [-0.25, -0.2) is 4.39 Å². The molecule has 11 heavy (non-hydrogen) atoms. The molecular formula is C7H7ClFNO. The smallest absolute Gasteiger partial charge is 0.137 e. The number of phenolic OH excluding ortho intramolecular Hbond substituents is 1. The molecule has 0 fully saturated rings. The number of rotatable bonds is 1. The summed E-state index contributed by atoms with van der Waals surface area (Å²) in [6, 6.07) is 2.26. The van der Waals surface area contributed by atoms with Crippen molar-refractivity contribution in [3.63, 3.8) is 0 Å². The normalized spacial score (nSPS) is 10.1. The molecule has 60 valence electrons. The summed E-state index contributed by atoms with van der Waals surface area (Å²) in [7, 11) is 0. The molecule has 0 unspecified atom stereocenters. The Morgan fingerprint density at radius 1 is 1.55 bits per heavy atom. The second-order valence-corrected chi connectivity index (χ2v) is 2.51. The quantitative estimate of drug-likeness (QED) is 0.682. The predicted molar refractivity (Wildman–Crippen MR) is 41.0 cm³/mol. The van der Waals surface area contributed by atoms with Crippen molar-refractivity contribution >= 4 is 11.6 Å². The lowest BCUT2D eigenvalue weighted by molar-refractivity contribution is 0.468. The standard InChI is InChI=1S/C7H7ClFNO/c8-5-1-4(3-10)6(9)2-7(5)11/h1-2,11H,3,10H2. The molecule has 1 aromatic rings. The van der Waals surface area contributed by atoms with Crippen LogP contribution in [0.4, 0.5) is 4.39 Å². The Balaban J connectivity index is 3.21. The molecule has 0 saturated heterocycles. The first-order valence-electron chi connectivity index (χ1n) is 3.02. The average Bonchev–Trinajstić information content (AvgIpc) is 1.97. The number of benzene rings is 1. The second kappa shape index (κ2) is 3.07. The summed E-state index contributed by atoms with van der Waals surface area (Å²) in [4.78, 5) is 0. The molecule has 4 heteroatoms. The Morgan fingerprint density at radius 3 is 2.73 bits per heavy atom. The zero-order chi connectivity index (χ0) is 8.43. The molecule has 0 radical (unpaired) electrons.